The number of carbonyl (C=O) groups excluding carboxylic acids is 1. The van der Waals surface area contributed by atoms with Gasteiger partial charge >= 0.3 is 6.18 Å². The van der Waals surface area contributed by atoms with Crippen LogP contribution in [0.5, 0.6) is 0 Å². The minimum atomic E-state index is -4.17. The maximum absolute atomic E-state index is 12.9. The van der Waals surface area contributed by atoms with Gasteiger partial charge in [-0.1, -0.05) is 19.3 Å². The molecule has 0 radical (unpaired) electrons. The second kappa shape index (κ2) is 6.02. The van der Waals surface area contributed by atoms with E-state index in [-0.39, 0.29) is 24.3 Å². The number of ether oxygens (including phenoxy) is 1. The smallest absolute Gasteiger partial charge is 0.371 e. The summed E-state index contributed by atoms with van der Waals surface area (Å²) in [6.07, 6.45) is 1.21. The van der Waals surface area contributed by atoms with Crippen molar-refractivity contribution in [1.82, 2.24) is 4.90 Å². The van der Waals surface area contributed by atoms with E-state index in [1.807, 2.05) is 0 Å². The number of hydrogen-bond donors (Lipinski definition) is 0. The first-order chi connectivity index (χ1) is 10.4. The van der Waals surface area contributed by atoms with Crippen LogP contribution < -0.4 is 0 Å². The lowest BCUT2D eigenvalue weighted by atomic mass is 9.80. The van der Waals surface area contributed by atoms with Crippen LogP contribution in [0.25, 0.3) is 0 Å². The van der Waals surface area contributed by atoms with Crippen LogP contribution in [-0.2, 0) is 9.53 Å². The van der Waals surface area contributed by atoms with Crippen molar-refractivity contribution in [2.75, 3.05) is 19.7 Å². The van der Waals surface area contributed by atoms with Crippen molar-refractivity contribution in [2.24, 2.45) is 11.8 Å². The van der Waals surface area contributed by atoms with Crippen molar-refractivity contribution in [3.05, 3.63) is 0 Å². The highest BCUT2D eigenvalue weighted by molar-refractivity contribution is 5.79. The Hall–Kier alpha value is -0.780. The molecule has 0 aromatic heterocycles. The summed E-state index contributed by atoms with van der Waals surface area (Å²) in [4.78, 5) is 14.4. The Morgan fingerprint density at radius 1 is 1.14 bits per heavy atom. The molecule has 1 spiro atoms. The van der Waals surface area contributed by atoms with Gasteiger partial charge in [0.15, 0.2) is 0 Å². The van der Waals surface area contributed by atoms with Crippen molar-refractivity contribution < 1.29 is 22.7 Å². The van der Waals surface area contributed by atoms with E-state index >= 15 is 0 Å². The van der Waals surface area contributed by atoms with Gasteiger partial charge in [0.2, 0.25) is 5.91 Å². The second-order valence-corrected chi connectivity index (χ2v) is 7.10. The normalized spacial score (nSPS) is 32.4. The van der Waals surface area contributed by atoms with E-state index in [1.54, 1.807) is 4.90 Å². The molecule has 2 atom stereocenters. The summed E-state index contributed by atoms with van der Waals surface area (Å²) in [6.45, 7) is 1.61. The topological polar surface area (TPSA) is 29.5 Å². The molecule has 126 valence electrons. The van der Waals surface area contributed by atoms with E-state index in [9.17, 15) is 18.0 Å². The summed E-state index contributed by atoms with van der Waals surface area (Å²) >= 11 is 0. The molecule has 3 nitrogen and oxygen atoms in total. The van der Waals surface area contributed by atoms with E-state index in [0.717, 1.165) is 25.7 Å². The van der Waals surface area contributed by atoms with Crippen LogP contribution in [0.4, 0.5) is 13.2 Å². The van der Waals surface area contributed by atoms with E-state index in [0.29, 0.717) is 32.5 Å². The predicted molar refractivity (Wildman–Crippen MR) is 75.2 cm³/mol. The van der Waals surface area contributed by atoms with Gasteiger partial charge in [-0.3, -0.25) is 4.79 Å². The third-order valence-electron chi connectivity index (χ3n) is 5.56. The summed E-state index contributed by atoms with van der Waals surface area (Å²) in [6, 6.07) is 0. The monoisotopic (exact) mass is 319 g/mol. The molecule has 6 heteroatoms. The maximum Gasteiger partial charge on any atom is 0.391 e. The molecule has 2 aliphatic carbocycles. The van der Waals surface area contributed by atoms with Crippen molar-refractivity contribution in [1.29, 1.82) is 0 Å². The first-order valence-electron chi connectivity index (χ1n) is 8.39. The van der Waals surface area contributed by atoms with E-state index in [1.165, 1.54) is 0 Å². The molecule has 1 amide bonds. The minimum Gasteiger partial charge on any atom is -0.371 e. The number of morpholine rings is 1. The molecule has 1 aliphatic heterocycles. The first kappa shape index (κ1) is 16.1. The Bertz CT molecular complexity index is 418. The lowest BCUT2D eigenvalue weighted by Crippen LogP contribution is -2.54. The average Bonchev–Trinajstić information content (AvgIpc) is 2.93. The predicted octanol–water partition coefficient (Wildman–Crippen LogP) is 3.53. The van der Waals surface area contributed by atoms with Crippen LogP contribution in [0.15, 0.2) is 0 Å². The molecule has 22 heavy (non-hydrogen) atoms. The highest BCUT2D eigenvalue weighted by Gasteiger charge is 2.46. The third-order valence-corrected chi connectivity index (χ3v) is 5.56. The van der Waals surface area contributed by atoms with Crippen LogP contribution in [0, 0.1) is 11.8 Å². The standard InChI is InChI=1S/C16H24F3NO2/c17-16(18,19)13-5-3-4-12(10-13)14(21)20-8-9-22-15(11-20)6-1-2-7-15/h12-13H,1-11H2/t12-,13-/m1/s1. The molecule has 0 aromatic carbocycles. The lowest BCUT2D eigenvalue weighted by Gasteiger charge is -2.42. The van der Waals surface area contributed by atoms with Crippen molar-refractivity contribution in [2.45, 2.75) is 63.1 Å². The molecular formula is C16H24F3NO2. The van der Waals surface area contributed by atoms with Gasteiger partial charge in [-0.15, -0.1) is 0 Å². The molecule has 0 unspecified atom stereocenters. The Morgan fingerprint density at radius 3 is 2.55 bits per heavy atom. The number of amides is 1. The largest absolute Gasteiger partial charge is 0.391 e. The fourth-order valence-corrected chi connectivity index (χ4v) is 4.32. The van der Waals surface area contributed by atoms with E-state index in [2.05, 4.69) is 0 Å². The number of carbonyl (C=O) groups is 1. The molecule has 1 saturated heterocycles. The molecule has 2 saturated carbocycles. The number of hydrogen-bond acceptors (Lipinski definition) is 2. The summed E-state index contributed by atoms with van der Waals surface area (Å²) in [5, 5.41) is 0. The number of alkyl halides is 3. The highest BCUT2D eigenvalue weighted by Crippen LogP contribution is 2.41. The maximum atomic E-state index is 12.9. The van der Waals surface area contributed by atoms with Crippen molar-refractivity contribution >= 4 is 5.91 Å². The molecular weight excluding hydrogens is 295 g/mol. The Labute approximate surface area is 129 Å². The summed E-state index contributed by atoms with van der Waals surface area (Å²) in [5.74, 6) is -1.85. The molecule has 3 fully saturated rings. The van der Waals surface area contributed by atoms with Gasteiger partial charge < -0.3 is 9.64 Å². The summed E-state index contributed by atoms with van der Waals surface area (Å²) < 4.78 is 44.6. The molecule has 3 aliphatic rings. The summed E-state index contributed by atoms with van der Waals surface area (Å²) in [7, 11) is 0. The van der Waals surface area contributed by atoms with Gasteiger partial charge in [-0.25, -0.2) is 0 Å². The molecule has 3 rings (SSSR count). The number of nitrogens with zero attached hydrogens (tertiary/aromatic N) is 1. The second-order valence-electron chi connectivity index (χ2n) is 7.10. The van der Waals surface area contributed by atoms with Crippen LogP contribution >= 0.6 is 0 Å². The zero-order valence-corrected chi connectivity index (χ0v) is 12.8. The quantitative estimate of drug-likeness (QED) is 0.740. The van der Waals surface area contributed by atoms with Gasteiger partial charge in [0, 0.05) is 19.0 Å². The number of rotatable bonds is 1. The first-order valence-corrected chi connectivity index (χ1v) is 8.39. The molecule has 0 aromatic rings. The molecule has 0 bridgehead atoms. The highest BCUT2D eigenvalue weighted by atomic mass is 19.4. The van der Waals surface area contributed by atoms with Gasteiger partial charge in [-0.2, -0.15) is 13.2 Å². The van der Waals surface area contributed by atoms with Crippen LogP contribution in [-0.4, -0.2) is 42.3 Å². The van der Waals surface area contributed by atoms with Gasteiger partial charge in [-0.05, 0) is 32.1 Å². The zero-order chi connectivity index (χ0) is 15.8. The lowest BCUT2D eigenvalue weighted by molar-refractivity contribution is -0.188. The van der Waals surface area contributed by atoms with Crippen LogP contribution in [0.2, 0.25) is 0 Å². The van der Waals surface area contributed by atoms with Gasteiger partial charge in [0.25, 0.3) is 0 Å². The minimum absolute atomic E-state index is 0.0350. The van der Waals surface area contributed by atoms with Gasteiger partial charge in [0.1, 0.15) is 0 Å². The Kier molecular flexibility index (Phi) is 4.40. The van der Waals surface area contributed by atoms with E-state index in [4.69, 9.17) is 4.74 Å². The fraction of sp³-hybridized carbons (Fsp3) is 0.938. The zero-order valence-electron chi connectivity index (χ0n) is 12.8. The van der Waals surface area contributed by atoms with Crippen LogP contribution in [0.1, 0.15) is 51.4 Å². The molecule has 1 heterocycles. The number of halogens is 3. The molecule has 0 N–H and O–H groups in total. The Balaban J connectivity index is 1.63. The third kappa shape index (κ3) is 3.26. The van der Waals surface area contributed by atoms with Gasteiger partial charge in [0.05, 0.1) is 18.1 Å². The average molecular weight is 319 g/mol. The van der Waals surface area contributed by atoms with E-state index < -0.39 is 18.0 Å². The Morgan fingerprint density at radius 2 is 1.86 bits per heavy atom. The fourth-order valence-electron chi connectivity index (χ4n) is 4.32. The van der Waals surface area contributed by atoms with Crippen molar-refractivity contribution in [3.63, 3.8) is 0 Å². The summed E-state index contributed by atoms with van der Waals surface area (Å²) in [5.41, 5.74) is -0.216. The SMILES string of the molecule is O=C([C@@H]1CCC[C@@H](C(F)(F)F)C1)N1CCOC2(CCCC2)C1. The van der Waals surface area contributed by atoms with Crippen molar-refractivity contribution in [3.8, 4) is 0 Å². The van der Waals surface area contributed by atoms with Crippen LogP contribution in [0.3, 0.4) is 0 Å².